The molecule has 2 aromatic carbocycles. The number of piperazine rings is 1. The number of hydrogen-bond acceptors (Lipinski definition) is 6. The number of amides is 1. The van der Waals surface area contributed by atoms with Gasteiger partial charge in [0.15, 0.2) is 0 Å². The second-order valence-corrected chi connectivity index (χ2v) is 7.52. The van der Waals surface area contributed by atoms with Crippen LogP contribution in [0.5, 0.6) is 0 Å². The first-order chi connectivity index (χ1) is 14.5. The Kier molecular flexibility index (Phi) is 7.96. The molecule has 0 aliphatic carbocycles. The van der Waals surface area contributed by atoms with Crippen molar-refractivity contribution in [1.29, 1.82) is 0 Å². The Labute approximate surface area is 181 Å². The molecule has 0 radical (unpaired) electrons. The summed E-state index contributed by atoms with van der Waals surface area (Å²) in [5.74, 6) is -0.538. The number of nitrogens with one attached hydrogen (secondary N) is 1. The second-order valence-electron chi connectivity index (χ2n) is 7.09. The third-order valence-electron chi connectivity index (χ3n) is 4.89. The van der Waals surface area contributed by atoms with E-state index >= 15 is 0 Å². The molecule has 0 aromatic heterocycles. The maximum atomic E-state index is 12.1. The van der Waals surface area contributed by atoms with Gasteiger partial charge in [-0.25, -0.2) is 10.2 Å². The molecule has 30 heavy (non-hydrogen) atoms. The van der Waals surface area contributed by atoms with E-state index < -0.39 is 0 Å². The van der Waals surface area contributed by atoms with Gasteiger partial charge < -0.3 is 4.74 Å². The van der Waals surface area contributed by atoms with Crippen molar-refractivity contribution in [2.24, 2.45) is 5.10 Å². The van der Waals surface area contributed by atoms with E-state index in [4.69, 9.17) is 11.6 Å². The summed E-state index contributed by atoms with van der Waals surface area (Å²) in [6, 6.07) is 14.7. The topological polar surface area (TPSA) is 74.2 Å². The third-order valence-corrected chi connectivity index (χ3v) is 5.14. The standard InChI is InChI=1S/C22H25ClN4O3/c1-30-22(29)19-6-2-17(3-7-19)14-24-25-21(28)16-27-12-10-26(11-13-27)15-18-4-8-20(23)9-5-18/h2-9,14H,10-13,15-16H2,1H3,(H,25,28)/b24-14+. The van der Waals surface area contributed by atoms with Crippen LogP contribution < -0.4 is 5.43 Å². The molecule has 0 saturated carbocycles. The van der Waals surface area contributed by atoms with Gasteiger partial charge in [0.2, 0.25) is 0 Å². The summed E-state index contributed by atoms with van der Waals surface area (Å²) in [5, 5.41) is 4.74. The zero-order valence-corrected chi connectivity index (χ0v) is 17.6. The van der Waals surface area contributed by atoms with Crippen LogP contribution in [0.15, 0.2) is 53.6 Å². The molecule has 0 atom stereocenters. The zero-order chi connectivity index (χ0) is 21.3. The van der Waals surface area contributed by atoms with Gasteiger partial charge in [-0.1, -0.05) is 35.9 Å². The number of carbonyl (C=O) groups is 2. The van der Waals surface area contributed by atoms with Crippen LogP contribution in [0.3, 0.4) is 0 Å². The summed E-state index contributed by atoms with van der Waals surface area (Å²) >= 11 is 5.93. The van der Waals surface area contributed by atoms with Gasteiger partial charge in [-0.05, 0) is 35.4 Å². The summed E-state index contributed by atoms with van der Waals surface area (Å²) < 4.78 is 4.66. The number of hydrogen-bond donors (Lipinski definition) is 1. The molecule has 1 heterocycles. The highest BCUT2D eigenvalue weighted by atomic mass is 35.5. The first kappa shape index (κ1) is 22.0. The summed E-state index contributed by atoms with van der Waals surface area (Å²) in [5.41, 5.74) is 5.03. The fourth-order valence-electron chi connectivity index (χ4n) is 3.19. The van der Waals surface area contributed by atoms with Crippen molar-refractivity contribution in [2.45, 2.75) is 6.54 Å². The molecule has 0 bridgehead atoms. The van der Waals surface area contributed by atoms with Crippen LogP contribution in [0.2, 0.25) is 5.02 Å². The summed E-state index contributed by atoms with van der Waals surface area (Å²) in [6.07, 6.45) is 1.54. The average Bonchev–Trinajstić information content (AvgIpc) is 2.76. The Bertz CT molecular complexity index is 876. The van der Waals surface area contributed by atoms with Crippen LogP contribution in [0.25, 0.3) is 0 Å². The van der Waals surface area contributed by atoms with Crippen molar-refractivity contribution >= 4 is 29.7 Å². The summed E-state index contributed by atoms with van der Waals surface area (Å²) in [6.45, 7) is 4.68. The van der Waals surface area contributed by atoms with Crippen molar-refractivity contribution in [3.05, 3.63) is 70.2 Å². The number of carbonyl (C=O) groups excluding carboxylic acids is 2. The lowest BCUT2D eigenvalue weighted by molar-refractivity contribution is -0.122. The SMILES string of the molecule is COC(=O)c1ccc(/C=N/NC(=O)CN2CCN(Cc3ccc(Cl)cc3)CC2)cc1. The zero-order valence-electron chi connectivity index (χ0n) is 16.9. The number of esters is 1. The van der Waals surface area contributed by atoms with E-state index in [-0.39, 0.29) is 11.9 Å². The minimum atomic E-state index is -0.389. The van der Waals surface area contributed by atoms with Crippen molar-refractivity contribution < 1.29 is 14.3 Å². The quantitative estimate of drug-likeness (QED) is 0.416. The molecule has 158 valence electrons. The van der Waals surface area contributed by atoms with E-state index in [9.17, 15) is 9.59 Å². The number of ether oxygens (including phenoxy) is 1. The fourth-order valence-corrected chi connectivity index (χ4v) is 3.32. The Hall–Kier alpha value is -2.74. The molecule has 1 aliphatic rings. The van der Waals surface area contributed by atoms with Gasteiger partial charge in [0.25, 0.3) is 5.91 Å². The Morgan fingerprint density at radius 2 is 1.67 bits per heavy atom. The molecule has 1 amide bonds. The minimum Gasteiger partial charge on any atom is -0.465 e. The predicted molar refractivity (Wildman–Crippen MR) is 117 cm³/mol. The molecule has 1 fully saturated rings. The largest absolute Gasteiger partial charge is 0.465 e. The van der Waals surface area contributed by atoms with Gasteiger partial charge in [-0.3, -0.25) is 14.6 Å². The van der Waals surface area contributed by atoms with Crippen LogP contribution in [0, 0.1) is 0 Å². The molecule has 3 rings (SSSR count). The maximum absolute atomic E-state index is 12.1. The summed E-state index contributed by atoms with van der Waals surface area (Å²) in [4.78, 5) is 28.0. The molecule has 1 aliphatic heterocycles. The van der Waals surface area contributed by atoms with E-state index in [2.05, 4.69) is 25.1 Å². The smallest absolute Gasteiger partial charge is 0.337 e. The normalized spacial score (nSPS) is 15.3. The van der Waals surface area contributed by atoms with Crippen LogP contribution in [0.1, 0.15) is 21.5 Å². The third kappa shape index (κ3) is 6.66. The molecular weight excluding hydrogens is 404 g/mol. The van der Waals surface area contributed by atoms with Gasteiger partial charge in [-0.2, -0.15) is 5.10 Å². The highest BCUT2D eigenvalue weighted by Crippen LogP contribution is 2.13. The van der Waals surface area contributed by atoms with Crippen molar-refractivity contribution in [3.63, 3.8) is 0 Å². The predicted octanol–water partition coefficient (Wildman–Crippen LogP) is 2.39. The minimum absolute atomic E-state index is 0.149. The molecule has 1 saturated heterocycles. The number of benzene rings is 2. The number of hydrazone groups is 1. The molecule has 0 spiro atoms. The van der Waals surface area contributed by atoms with Gasteiger partial charge in [0.1, 0.15) is 0 Å². The Morgan fingerprint density at radius 3 is 2.30 bits per heavy atom. The maximum Gasteiger partial charge on any atom is 0.337 e. The van der Waals surface area contributed by atoms with Crippen LogP contribution >= 0.6 is 11.6 Å². The fraction of sp³-hybridized carbons (Fsp3) is 0.318. The number of rotatable bonds is 7. The van der Waals surface area contributed by atoms with Crippen LogP contribution in [0.4, 0.5) is 0 Å². The Balaban J connectivity index is 1.38. The number of nitrogens with zero attached hydrogens (tertiary/aromatic N) is 3. The molecule has 1 N–H and O–H groups in total. The van der Waals surface area contributed by atoms with Crippen molar-refractivity contribution in [1.82, 2.24) is 15.2 Å². The van der Waals surface area contributed by atoms with Crippen LogP contribution in [-0.4, -0.2) is 67.7 Å². The number of methoxy groups -OCH3 is 1. The monoisotopic (exact) mass is 428 g/mol. The lowest BCUT2D eigenvalue weighted by Gasteiger charge is -2.34. The summed E-state index contributed by atoms with van der Waals surface area (Å²) in [7, 11) is 1.34. The van der Waals surface area contributed by atoms with E-state index in [1.165, 1.54) is 12.7 Å². The van der Waals surface area contributed by atoms with E-state index in [1.54, 1.807) is 30.5 Å². The molecule has 8 heteroatoms. The van der Waals surface area contributed by atoms with Crippen molar-refractivity contribution in [3.8, 4) is 0 Å². The molecule has 7 nitrogen and oxygen atoms in total. The lowest BCUT2D eigenvalue weighted by Crippen LogP contribution is -2.48. The van der Waals surface area contributed by atoms with Gasteiger partial charge in [0, 0.05) is 37.7 Å². The average molecular weight is 429 g/mol. The van der Waals surface area contributed by atoms with Gasteiger partial charge >= 0.3 is 5.97 Å². The van der Waals surface area contributed by atoms with E-state index in [0.29, 0.717) is 12.1 Å². The molecule has 0 unspecified atom stereocenters. The van der Waals surface area contributed by atoms with Gasteiger partial charge in [-0.15, -0.1) is 0 Å². The highest BCUT2D eigenvalue weighted by molar-refractivity contribution is 6.30. The lowest BCUT2D eigenvalue weighted by atomic mass is 10.1. The highest BCUT2D eigenvalue weighted by Gasteiger charge is 2.18. The van der Waals surface area contributed by atoms with E-state index in [1.807, 2.05) is 24.3 Å². The van der Waals surface area contributed by atoms with Crippen molar-refractivity contribution in [2.75, 3.05) is 39.8 Å². The first-order valence-electron chi connectivity index (χ1n) is 9.73. The van der Waals surface area contributed by atoms with Crippen LogP contribution in [-0.2, 0) is 16.1 Å². The molecular formula is C22H25ClN4O3. The molecule has 2 aromatic rings. The second kappa shape index (κ2) is 10.9. The van der Waals surface area contributed by atoms with E-state index in [0.717, 1.165) is 43.3 Å². The Morgan fingerprint density at radius 1 is 1.03 bits per heavy atom. The first-order valence-corrected chi connectivity index (χ1v) is 10.1. The number of halogens is 1. The van der Waals surface area contributed by atoms with Gasteiger partial charge in [0.05, 0.1) is 25.4 Å².